The molecule has 0 saturated carbocycles. The lowest BCUT2D eigenvalue weighted by atomic mass is 9.97. The number of para-hydroxylation sites is 3. The molecule has 0 aliphatic carbocycles. The van der Waals surface area contributed by atoms with E-state index in [1.807, 2.05) is 12.1 Å². The molecule has 0 N–H and O–H groups in total. The van der Waals surface area contributed by atoms with Crippen molar-refractivity contribution in [1.82, 2.24) is 4.57 Å². The lowest BCUT2D eigenvalue weighted by molar-refractivity contribution is 0.669. The van der Waals surface area contributed by atoms with E-state index in [1.54, 1.807) is 0 Å². The molecule has 9 aromatic carbocycles. The lowest BCUT2D eigenvalue weighted by Gasteiger charge is -2.28. The summed E-state index contributed by atoms with van der Waals surface area (Å²) in [6, 6.07) is 78.2. The summed E-state index contributed by atoms with van der Waals surface area (Å²) >= 11 is 0. The van der Waals surface area contributed by atoms with Crippen LogP contribution < -0.4 is 4.90 Å². The zero-order valence-electron chi connectivity index (χ0n) is 31.1. The summed E-state index contributed by atoms with van der Waals surface area (Å²) in [5.41, 5.74) is 15.3. The molecule has 0 bridgehead atoms. The number of fused-ring (bicyclic) bond motifs is 6. The second kappa shape index (κ2) is 13.6. The number of furan rings is 1. The molecule has 0 amide bonds. The molecule has 0 saturated heterocycles. The third-order valence-corrected chi connectivity index (χ3v) is 11.2. The maximum absolute atomic E-state index is 6.46. The molecule has 2 aromatic heterocycles. The summed E-state index contributed by atoms with van der Waals surface area (Å²) in [7, 11) is 0. The Hall–Kier alpha value is -7.62. The number of rotatable bonds is 7. The molecule has 2 heterocycles. The van der Waals surface area contributed by atoms with E-state index >= 15 is 0 Å². The molecule has 0 fully saturated rings. The molecule has 0 aliphatic heterocycles. The Morgan fingerprint density at radius 2 is 0.930 bits per heavy atom. The van der Waals surface area contributed by atoms with Gasteiger partial charge in [-0.3, -0.25) is 0 Å². The molecule has 11 aromatic rings. The van der Waals surface area contributed by atoms with Crippen LogP contribution >= 0.6 is 0 Å². The molecule has 0 radical (unpaired) electrons. The maximum Gasteiger partial charge on any atom is 0.136 e. The van der Waals surface area contributed by atoms with Crippen LogP contribution in [0.25, 0.3) is 82.8 Å². The standard InChI is InChI=1S/C54H36N2O/c1-4-16-37(17-5-1)39-20-14-24-43(34-39)55(44-25-15-21-40(35-44)38-18-6-2-7-19-38)50-33-32-45(41-30-31-47-46-26-11-13-29-51(46)57-52(47)36-41)54-53(50)48-27-10-12-28-49(48)56(54)42-22-8-3-9-23-42/h1-36H. The number of nitrogens with zero attached hydrogens (tertiary/aromatic N) is 2. The minimum atomic E-state index is 0.880. The van der Waals surface area contributed by atoms with Gasteiger partial charge in [0, 0.05) is 44.2 Å². The second-order valence-electron chi connectivity index (χ2n) is 14.5. The van der Waals surface area contributed by atoms with Crippen molar-refractivity contribution < 1.29 is 4.42 Å². The van der Waals surface area contributed by atoms with Crippen LogP contribution in [0, 0.1) is 0 Å². The highest BCUT2D eigenvalue weighted by molar-refractivity contribution is 6.20. The zero-order chi connectivity index (χ0) is 37.7. The molecule has 57 heavy (non-hydrogen) atoms. The van der Waals surface area contributed by atoms with Crippen LogP contribution in [0.5, 0.6) is 0 Å². The Bertz CT molecular complexity index is 3150. The van der Waals surface area contributed by atoms with Crippen LogP contribution in [0.2, 0.25) is 0 Å². The molecule has 0 atom stereocenters. The molecule has 3 nitrogen and oxygen atoms in total. The van der Waals surface area contributed by atoms with Gasteiger partial charge in [-0.25, -0.2) is 0 Å². The third kappa shape index (κ3) is 5.60. The summed E-state index contributed by atoms with van der Waals surface area (Å²) < 4.78 is 8.89. The van der Waals surface area contributed by atoms with E-state index in [9.17, 15) is 0 Å². The molecule has 3 heteroatoms. The van der Waals surface area contributed by atoms with Crippen molar-refractivity contribution in [3.05, 3.63) is 218 Å². The Morgan fingerprint density at radius 3 is 1.61 bits per heavy atom. The second-order valence-corrected chi connectivity index (χ2v) is 14.5. The van der Waals surface area contributed by atoms with Gasteiger partial charge in [-0.05, 0) is 94.5 Å². The maximum atomic E-state index is 6.46. The highest BCUT2D eigenvalue weighted by Gasteiger charge is 2.25. The van der Waals surface area contributed by atoms with Gasteiger partial charge in [0.1, 0.15) is 11.2 Å². The lowest BCUT2D eigenvalue weighted by Crippen LogP contribution is -2.11. The average molecular weight is 729 g/mol. The van der Waals surface area contributed by atoms with E-state index in [2.05, 4.69) is 216 Å². The topological polar surface area (TPSA) is 21.3 Å². The number of anilines is 3. The molecule has 0 aliphatic rings. The van der Waals surface area contributed by atoms with Crippen molar-refractivity contribution in [2.75, 3.05) is 4.90 Å². The zero-order valence-corrected chi connectivity index (χ0v) is 31.1. The van der Waals surface area contributed by atoms with Gasteiger partial charge < -0.3 is 13.9 Å². The fraction of sp³-hybridized carbons (Fsp3) is 0. The van der Waals surface area contributed by atoms with Crippen molar-refractivity contribution in [1.29, 1.82) is 0 Å². The highest BCUT2D eigenvalue weighted by atomic mass is 16.3. The van der Waals surface area contributed by atoms with E-state index in [0.29, 0.717) is 0 Å². The van der Waals surface area contributed by atoms with Gasteiger partial charge in [0.05, 0.1) is 16.7 Å². The van der Waals surface area contributed by atoms with E-state index in [-0.39, 0.29) is 0 Å². The summed E-state index contributed by atoms with van der Waals surface area (Å²) in [6.07, 6.45) is 0. The summed E-state index contributed by atoms with van der Waals surface area (Å²) in [5, 5.41) is 4.60. The molecular weight excluding hydrogens is 693 g/mol. The van der Waals surface area contributed by atoms with Crippen LogP contribution in [0.3, 0.4) is 0 Å². The smallest absolute Gasteiger partial charge is 0.136 e. The average Bonchev–Trinajstić information content (AvgIpc) is 3.84. The van der Waals surface area contributed by atoms with Gasteiger partial charge in [0.2, 0.25) is 0 Å². The largest absolute Gasteiger partial charge is 0.456 e. The quantitative estimate of drug-likeness (QED) is 0.163. The van der Waals surface area contributed by atoms with Gasteiger partial charge in [-0.15, -0.1) is 0 Å². The number of benzene rings is 9. The third-order valence-electron chi connectivity index (χ3n) is 11.2. The molecule has 0 spiro atoms. The van der Waals surface area contributed by atoms with Gasteiger partial charge in [-0.1, -0.05) is 152 Å². The number of aromatic nitrogens is 1. The monoisotopic (exact) mass is 728 g/mol. The summed E-state index contributed by atoms with van der Waals surface area (Å²) in [4.78, 5) is 2.44. The van der Waals surface area contributed by atoms with E-state index in [1.165, 1.54) is 21.9 Å². The molecule has 268 valence electrons. The Balaban J connectivity index is 1.23. The highest BCUT2D eigenvalue weighted by Crippen LogP contribution is 2.48. The number of hydrogen-bond donors (Lipinski definition) is 0. The molecule has 11 rings (SSSR count). The van der Waals surface area contributed by atoms with Crippen LogP contribution in [-0.4, -0.2) is 4.57 Å². The van der Waals surface area contributed by atoms with Crippen molar-refractivity contribution in [3.63, 3.8) is 0 Å². The SMILES string of the molecule is c1ccc(-c2cccc(N(c3cccc(-c4ccccc4)c3)c3ccc(-c4ccc5c(c4)oc4ccccc45)c4c3c3ccccc3n4-c3ccccc3)c2)cc1. The normalized spacial score (nSPS) is 11.5. The van der Waals surface area contributed by atoms with Gasteiger partial charge in [-0.2, -0.15) is 0 Å². The first kappa shape index (κ1) is 32.8. The first-order chi connectivity index (χ1) is 28.3. The fourth-order valence-corrected chi connectivity index (χ4v) is 8.57. The van der Waals surface area contributed by atoms with Crippen LogP contribution in [0.4, 0.5) is 17.1 Å². The van der Waals surface area contributed by atoms with Crippen molar-refractivity contribution >= 4 is 60.8 Å². The van der Waals surface area contributed by atoms with Gasteiger partial charge in [0.25, 0.3) is 0 Å². The Morgan fingerprint density at radius 1 is 0.368 bits per heavy atom. The minimum absolute atomic E-state index is 0.880. The Kier molecular flexibility index (Phi) is 7.82. The van der Waals surface area contributed by atoms with Crippen molar-refractivity contribution in [2.45, 2.75) is 0 Å². The van der Waals surface area contributed by atoms with Gasteiger partial charge in [0.15, 0.2) is 0 Å². The van der Waals surface area contributed by atoms with Crippen molar-refractivity contribution in [2.24, 2.45) is 0 Å². The fourth-order valence-electron chi connectivity index (χ4n) is 8.57. The first-order valence-corrected chi connectivity index (χ1v) is 19.4. The van der Waals surface area contributed by atoms with E-state index in [4.69, 9.17) is 4.42 Å². The minimum Gasteiger partial charge on any atom is -0.456 e. The van der Waals surface area contributed by atoms with Crippen LogP contribution in [0.15, 0.2) is 223 Å². The molecule has 0 unspecified atom stereocenters. The predicted octanol–water partition coefficient (Wildman–Crippen LogP) is 15.2. The predicted molar refractivity (Wildman–Crippen MR) is 239 cm³/mol. The van der Waals surface area contributed by atoms with Crippen molar-refractivity contribution in [3.8, 4) is 39.1 Å². The summed E-state index contributed by atoms with van der Waals surface area (Å²) in [6.45, 7) is 0. The van der Waals surface area contributed by atoms with Crippen LogP contribution in [0.1, 0.15) is 0 Å². The Labute approximate surface area is 330 Å². The first-order valence-electron chi connectivity index (χ1n) is 19.4. The molecular formula is C54H36N2O. The van der Waals surface area contributed by atoms with E-state index < -0.39 is 0 Å². The summed E-state index contributed by atoms with van der Waals surface area (Å²) in [5.74, 6) is 0. The number of hydrogen-bond acceptors (Lipinski definition) is 2. The van der Waals surface area contributed by atoms with Gasteiger partial charge >= 0.3 is 0 Å². The van der Waals surface area contributed by atoms with Crippen LogP contribution in [-0.2, 0) is 0 Å². The van der Waals surface area contributed by atoms with E-state index in [0.717, 1.165) is 78.0 Å².